The van der Waals surface area contributed by atoms with Crippen molar-refractivity contribution >= 4 is 11.6 Å². The Morgan fingerprint density at radius 2 is 1.92 bits per heavy atom. The predicted molar refractivity (Wildman–Crippen MR) is 92.8 cm³/mol. The third-order valence-electron chi connectivity index (χ3n) is 5.51. The van der Waals surface area contributed by atoms with Crippen molar-refractivity contribution in [2.45, 2.75) is 63.8 Å². The molecule has 1 amide bonds. The van der Waals surface area contributed by atoms with Gasteiger partial charge in [0.25, 0.3) is 0 Å². The number of nitrogens with one attached hydrogen (secondary N) is 1. The van der Waals surface area contributed by atoms with Crippen molar-refractivity contribution in [3.05, 3.63) is 29.3 Å². The van der Waals surface area contributed by atoms with Gasteiger partial charge < -0.3 is 15.3 Å². The number of hydrogen-bond donors (Lipinski definition) is 2. The van der Waals surface area contributed by atoms with E-state index in [1.165, 1.54) is 16.0 Å². The Morgan fingerprint density at radius 3 is 2.50 bits per heavy atom. The monoisotopic (exact) mass is 334 g/mol. The highest BCUT2D eigenvalue weighted by Gasteiger charge is 2.45. The van der Waals surface area contributed by atoms with Gasteiger partial charge in [0.15, 0.2) is 0 Å². The van der Waals surface area contributed by atoms with Gasteiger partial charge in [-0.25, -0.2) is 4.39 Å². The molecule has 24 heavy (non-hydrogen) atoms. The van der Waals surface area contributed by atoms with Gasteiger partial charge in [0.1, 0.15) is 17.8 Å². The molecule has 2 fully saturated rings. The standard InChI is InChI=1S/C19H27FN2O2/c1-13-6-7-15(10-14(13)2)21-19(8-4-3-5-9-19)18(24)22-11-16(20)17(23)12-22/h6-7,10,16-17,21,23H,3-5,8-9,11-12H2,1-2H3/t16-,17-/m1/s1. The van der Waals surface area contributed by atoms with E-state index in [0.717, 1.165) is 37.8 Å². The molecule has 0 aromatic heterocycles. The third kappa shape index (κ3) is 3.27. The number of carbonyl (C=O) groups is 1. The Labute approximate surface area is 143 Å². The van der Waals surface area contributed by atoms with Gasteiger partial charge in [0.2, 0.25) is 5.91 Å². The quantitative estimate of drug-likeness (QED) is 0.893. The molecule has 2 aliphatic rings. The van der Waals surface area contributed by atoms with E-state index in [1.807, 2.05) is 6.07 Å². The molecule has 1 aliphatic carbocycles. The molecule has 4 nitrogen and oxygen atoms in total. The number of amides is 1. The fraction of sp³-hybridized carbons (Fsp3) is 0.632. The van der Waals surface area contributed by atoms with Crippen LogP contribution in [0.1, 0.15) is 43.2 Å². The molecule has 1 saturated carbocycles. The first-order chi connectivity index (χ1) is 11.4. The van der Waals surface area contributed by atoms with Gasteiger partial charge in [-0.2, -0.15) is 0 Å². The summed E-state index contributed by atoms with van der Waals surface area (Å²) in [6, 6.07) is 6.12. The van der Waals surface area contributed by atoms with Crippen molar-refractivity contribution in [1.29, 1.82) is 0 Å². The van der Waals surface area contributed by atoms with Gasteiger partial charge >= 0.3 is 0 Å². The highest BCUT2D eigenvalue weighted by atomic mass is 19.1. The summed E-state index contributed by atoms with van der Waals surface area (Å²) in [6.45, 7) is 4.21. The Morgan fingerprint density at radius 1 is 1.21 bits per heavy atom. The summed E-state index contributed by atoms with van der Waals surface area (Å²) >= 11 is 0. The number of β-amino-alcohol motifs (C(OH)–C–C–N with tert-alkyl or cyclic N) is 1. The number of carbonyl (C=O) groups excluding carboxylic acids is 1. The zero-order valence-electron chi connectivity index (χ0n) is 14.5. The van der Waals surface area contributed by atoms with Crippen LogP contribution in [0.2, 0.25) is 0 Å². The van der Waals surface area contributed by atoms with E-state index in [-0.39, 0.29) is 19.0 Å². The van der Waals surface area contributed by atoms with Gasteiger partial charge in [-0.1, -0.05) is 25.3 Å². The van der Waals surface area contributed by atoms with Crippen LogP contribution in [0.4, 0.5) is 10.1 Å². The first-order valence-corrected chi connectivity index (χ1v) is 8.88. The smallest absolute Gasteiger partial charge is 0.248 e. The minimum atomic E-state index is -1.34. The van der Waals surface area contributed by atoms with E-state index in [4.69, 9.17) is 0 Å². The second-order valence-corrected chi connectivity index (χ2v) is 7.36. The van der Waals surface area contributed by atoms with Crippen molar-refractivity contribution < 1.29 is 14.3 Å². The second-order valence-electron chi connectivity index (χ2n) is 7.36. The Kier molecular flexibility index (Phi) is 4.81. The molecular formula is C19H27FN2O2. The van der Waals surface area contributed by atoms with Crippen molar-refractivity contribution in [2.75, 3.05) is 18.4 Å². The van der Waals surface area contributed by atoms with E-state index in [9.17, 15) is 14.3 Å². The number of aliphatic hydroxyl groups is 1. The van der Waals surface area contributed by atoms with Crippen LogP contribution in [0.25, 0.3) is 0 Å². The fourth-order valence-electron chi connectivity index (χ4n) is 3.86. The number of likely N-dealkylation sites (tertiary alicyclic amines) is 1. The molecule has 0 unspecified atom stereocenters. The van der Waals surface area contributed by atoms with Crippen molar-refractivity contribution in [3.63, 3.8) is 0 Å². The number of anilines is 1. The molecular weight excluding hydrogens is 307 g/mol. The van der Waals surface area contributed by atoms with Crippen molar-refractivity contribution in [2.24, 2.45) is 0 Å². The highest BCUT2D eigenvalue weighted by molar-refractivity contribution is 5.90. The summed E-state index contributed by atoms with van der Waals surface area (Å²) in [4.78, 5) is 14.7. The highest BCUT2D eigenvalue weighted by Crippen LogP contribution is 2.35. The number of hydrogen-bond acceptors (Lipinski definition) is 3. The van der Waals surface area contributed by atoms with Gasteiger partial charge in [-0.05, 0) is 49.9 Å². The van der Waals surface area contributed by atoms with Gasteiger partial charge in [0.05, 0.1) is 6.54 Å². The lowest BCUT2D eigenvalue weighted by molar-refractivity contribution is -0.136. The van der Waals surface area contributed by atoms with E-state index in [0.29, 0.717) is 0 Å². The maximum Gasteiger partial charge on any atom is 0.248 e. The van der Waals surface area contributed by atoms with E-state index < -0.39 is 17.8 Å². The Bertz CT molecular complexity index is 603. The van der Waals surface area contributed by atoms with E-state index in [1.54, 1.807) is 0 Å². The lowest BCUT2D eigenvalue weighted by Gasteiger charge is -2.40. The normalized spacial score (nSPS) is 26.4. The topological polar surface area (TPSA) is 52.6 Å². The third-order valence-corrected chi connectivity index (χ3v) is 5.51. The summed E-state index contributed by atoms with van der Waals surface area (Å²) in [6.07, 6.45) is 2.20. The van der Waals surface area contributed by atoms with E-state index in [2.05, 4.69) is 31.3 Å². The molecule has 0 spiro atoms. The van der Waals surface area contributed by atoms with Crippen LogP contribution >= 0.6 is 0 Å². The number of aryl methyl sites for hydroxylation is 2. The van der Waals surface area contributed by atoms with Crippen LogP contribution < -0.4 is 5.32 Å². The average molecular weight is 334 g/mol. The minimum Gasteiger partial charge on any atom is -0.388 e. The van der Waals surface area contributed by atoms with E-state index >= 15 is 0 Å². The maximum atomic E-state index is 13.7. The number of halogens is 1. The molecule has 3 rings (SSSR count). The molecule has 1 aromatic carbocycles. The maximum absolute atomic E-state index is 13.7. The largest absolute Gasteiger partial charge is 0.388 e. The summed E-state index contributed by atoms with van der Waals surface area (Å²) in [7, 11) is 0. The molecule has 0 radical (unpaired) electrons. The lowest BCUT2D eigenvalue weighted by Crippen LogP contribution is -2.54. The number of rotatable bonds is 3. The summed E-state index contributed by atoms with van der Waals surface area (Å²) in [5, 5.41) is 13.1. The number of alkyl halides is 1. The summed E-state index contributed by atoms with van der Waals surface area (Å²) in [5.74, 6) is -0.0698. The van der Waals surface area contributed by atoms with Gasteiger partial charge in [-0.3, -0.25) is 4.79 Å². The lowest BCUT2D eigenvalue weighted by atomic mass is 9.80. The number of nitrogens with zero attached hydrogens (tertiary/aromatic N) is 1. The fourth-order valence-corrected chi connectivity index (χ4v) is 3.86. The Hall–Kier alpha value is -1.62. The van der Waals surface area contributed by atoms with Crippen LogP contribution in [-0.2, 0) is 4.79 Å². The molecule has 1 heterocycles. The predicted octanol–water partition coefficient (Wildman–Crippen LogP) is 2.96. The zero-order chi connectivity index (χ0) is 17.3. The second kappa shape index (κ2) is 6.71. The summed E-state index contributed by atoms with van der Waals surface area (Å²) < 4.78 is 13.7. The Balaban J connectivity index is 1.84. The van der Waals surface area contributed by atoms with Crippen LogP contribution in [0.3, 0.4) is 0 Å². The molecule has 2 atom stereocenters. The zero-order valence-corrected chi connectivity index (χ0v) is 14.5. The number of benzene rings is 1. The SMILES string of the molecule is Cc1ccc(NC2(C(=O)N3C[C@@H](O)[C@H](F)C3)CCCCC2)cc1C. The van der Waals surface area contributed by atoms with Crippen LogP contribution in [0, 0.1) is 13.8 Å². The van der Waals surface area contributed by atoms with Gasteiger partial charge in [-0.15, -0.1) is 0 Å². The van der Waals surface area contributed by atoms with Crippen LogP contribution in [0.5, 0.6) is 0 Å². The first kappa shape index (κ1) is 17.2. The number of aliphatic hydroxyl groups excluding tert-OH is 1. The molecule has 1 aromatic rings. The molecule has 1 aliphatic heterocycles. The van der Waals surface area contributed by atoms with Gasteiger partial charge in [0, 0.05) is 12.2 Å². The molecule has 5 heteroatoms. The van der Waals surface area contributed by atoms with Crippen LogP contribution in [0.15, 0.2) is 18.2 Å². The van der Waals surface area contributed by atoms with Crippen molar-refractivity contribution in [1.82, 2.24) is 4.90 Å². The first-order valence-electron chi connectivity index (χ1n) is 8.88. The molecule has 1 saturated heterocycles. The molecule has 2 N–H and O–H groups in total. The average Bonchev–Trinajstić information content (AvgIpc) is 2.90. The van der Waals surface area contributed by atoms with Crippen molar-refractivity contribution in [3.8, 4) is 0 Å². The minimum absolute atomic E-state index is 0.00362. The van der Waals surface area contributed by atoms with Crippen LogP contribution in [-0.4, -0.2) is 46.8 Å². The summed E-state index contributed by atoms with van der Waals surface area (Å²) in [5.41, 5.74) is 2.65. The molecule has 0 bridgehead atoms. The molecule has 132 valence electrons.